The van der Waals surface area contributed by atoms with Crippen LogP contribution in [0, 0.1) is 0 Å². The number of hydrogen-bond acceptors (Lipinski definition) is 6. The highest BCUT2D eigenvalue weighted by molar-refractivity contribution is 5.86. The van der Waals surface area contributed by atoms with Crippen LogP contribution in [0.3, 0.4) is 0 Å². The summed E-state index contributed by atoms with van der Waals surface area (Å²) < 4.78 is 4.52. The number of ether oxygens (including phenoxy) is 1. The van der Waals surface area contributed by atoms with Gasteiger partial charge < -0.3 is 10.1 Å². The molecule has 2 rings (SSSR count). The predicted octanol–water partition coefficient (Wildman–Crippen LogP) is 0.598. The van der Waals surface area contributed by atoms with Crippen molar-refractivity contribution in [3.63, 3.8) is 0 Å². The first-order chi connectivity index (χ1) is 8.29. The molecule has 0 aliphatic rings. The minimum absolute atomic E-state index is 0.182. The molecule has 0 aromatic carbocycles. The Labute approximate surface area is 97.2 Å². The summed E-state index contributed by atoms with van der Waals surface area (Å²) in [5.74, 6) is 0.0812. The summed E-state index contributed by atoms with van der Waals surface area (Å²) in [6.07, 6.45) is 3.49. The number of rotatable bonds is 4. The first-order valence-electron chi connectivity index (χ1n) is 4.93. The smallest absolute Gasteiger partial charge is 0.358 e. The summed E-state index contributed by atoms with van der Waals surface area (Å²) in [4.78, 5) is 11.1. The van der Waals surface area contributed by atoms with Crippen molar-refractivity contribution in [2.45, 2.75) is 6.54 Å². The van der Waals surface area contributed by atoms with Crippen LogP contribution in [-0.2, 0) is 11.3 Å². The SMILES string of the molecule is COC(=O)c1ccc(NCc2cn[nH]c2)nn1. The summed E-state index contributed by atoms with van der Waals surface area (Å²) in [5.41, 5.74) is 1.19. The average molecular weight is 233 g/mol. The van der Waals surface area contributed by atoms with Crippen LogP contribution in [0.1, 0.15) is 16.1 Å². The number of nitrogens with one attached hydrogen (secondary N) is 2. The number of H-pyrrole nitrogens is 1. The zero-order valence-corrected chi connectivity index (χ0v) is 9.17. The average Bonchev–Trinajstić information content (AvgIpc) is 2.89. The fraction of sp³-hybridized carbons (Fsp3) is 0.200. The molecule has 0 spiro atoms. The minimum Gasteiger partial charge on any atom is -0.464 e. The van der Waals surface area contributed by atoms with Gasteiger partial charge in [-0.05, 0) is 12.1 Å². The Kier molecular flexibility index (Phi) is 3.29. The van der Waals surface area contributed by atoms with Crippen molar-refractivity contribution in [3.8, 4) is 0 Å². The monoisotopic (exact) mass is 233 g/mol. The third-order valence-electron chi connectivity index (χ3n) is 2.09. The van der Waals surface area contributed by atoms with Crippen LogP contribution in [0.2, 0.25) is 0 Å². The second kappa shape index (κ2) is 5.06. The van der Waals surface area contributed by atoms with E-state index in [1.54, 1.807) is 24.5 Å². The number of methoxy groups -OCH3 is 1. The number of esters is 1. The van der Waals surface area contributed by atoms with Crippen molar-refractivity contribution in [1.82, 2.24) is 20.4 Å². The molecular formula is C10H11N5O2. The lowest BCUT2D eigenvalue weighted by atomic mass is 10.3. The van der Waals surface area contributed by atoms with Gasteiger partial charge >= 0.3 is 5.97 Å². The Bertz CT molecular complexity index is 480. The van der Waals surface area contributed by atoms with E-state index in [1.807, 2.05) is 0 Å². The molecule has 7 heteroatoms. The molecule has 0 aliphatic heterocycles. The number of aromatic nitrogens is 4. The molecule has 0 aliphatic carbocycles. The molecule has 7 nitrogen and oxygen atoms in total. The lowest BCUT2D eigenvalue weighted by Crippen LogP contribution is -2.07. The summed E-state index contributed by atoms with van der Waals surface area (Å²) in [7, 11) is 1.30. The predicted molar refractivity (Wildman–Crippen MR) is 59.3 cm³/mol. The lowest BCUT2D eigenvalue weighted by molar-refractivity contribution is 0.0593. The molecule has 0 radical (unpaired) electrons. The maximum atomic E-state index is 11.1. The highest BCUT2D eigenvalue weighted by atomic mass is 16.5. The van der Waals surface area contributed by atoms with E-state index in [-0.39, 0.29) is 5.69 Å². The van der Waals surface area contributed by atoms with Crippen LogP contribution >= 0.6 is 0 Å². The normalized spacial score (nSPS) is 9.94. The van der Waals surface area contributed by atoms with Crippen LogP contribution in [0.25, 0.3) is 0 Å². The van der Waals surface area contributed by atoms with Crippen LogP contribution in [0.15, 0.2) is 24.5 Å². The molecule has 0 amide bonds. The Morgan fingerprint density at radius 1 is 1.47 bits per heavy atom. The van der Waals surface area contributed by atoms with Crippen LogP contribution in [0.5, 0.6) is 0 Å². The van der Waals surface area contributed by atoms with Gasteiger partial charge in [0.25, 0.3) is 0 Å². The molecule has 2 aromatic heterocycles. The van der Waals surface area contributed by atoms with Gasteiger partial charge in [0.1, 0.15) is 5.82 Å². The highest BCUT2D eigenvalue weighted by Gasteiger charge is 2.07. The molecule has 0 saturated heterocycles. The van der Waals surface area contributed by atoms with E-state index in [0.29, 0.717) is 12.4 Å². The van der Waals surface area contributed by atoms with Gasteiger partial charge in [-0.25, -0.2) is 4.79 Å². The maximum absolute atomic E-state index is 11.1. The van der Waals surface area contributed by atoms with Gasteiger partial charge in [-0.2, -0.15) is 5.10 Å². The molecule has 2 heterocycles. The Balaban J connectivity index is 1.96. The number of carbonyl (C=O) groups excluding carboxylic acids is 1. The summed E-state index contributed by atoms with van der Waals surface area (Å²) in [5, 5.41) is 17.2. The molecule has 0 bridgehead atoms. The third-order valence-corrected chi connectivity index (χ3v) is 2.09. The standard InChI is InChI=1S/C10H11N5O2/c1-17-10(16)8-2-3-9(15-14-8)11-4-7-5-12-13-6-7/h2-3,5-6H,4H2,1H3,(H,11,15)(H,12,13). The first kappa shape index (κ1) is 11.1. The largest absolute Gasteiger partial charge is 0.464 e. The fourth-order valence-electron chi connectivity index (χ4n) is 1.21. The summed E-state index contributed by atoms with van der Waals surface area (Å²) in [6, 6.07) is 3.22. The van der Waals surface area contributed by atoms with E-state index >= 15 is 0 Å². The van der Waals surface area contributed by atoms with Crippen molar-refractivity contribution in [2.75, 3.05) is 12.4 Å². The lowest BCUT2D eigenvalue weighted by Gasteiger charge is -2.03. The highest BCUT2D eigenvalue weighted by Crippen LogP contribution is 2.05. The molecule has 2 N–H and O–H groups in total. The number of nitrogens with zero attached hydrogens (tertiary/aromatic N) is 3. The zero-order valence-electron chi connectivity index (χ0n) is 9.17. The van der Waals surface area contributed by atoms with Gasteiger partial charge in [-0.3, -0.25) is 5.10 Å². The Morgan fingerprint density at radius 2 is 2.35 bits per heavy atom. The summed E-state index contributed by atoms with van der Waals surface area (Å²) in [6.45, 7) is 0.586. The second-order valence-corrected chi connectivity index (χ2v) is 3.26. The molecule has 0 saturated carbocycles. The van der Waals surface area contributed by atoms with Crippen LogP contribution in [0.4, 0.5) is 5.82 Å². The topological polar surface area (TPSA) is 92.8 Å². The van der Waals surface area contributed by atoms with E-state index in [1.165, 1.54) is 7.11 Å². The van der Waals surface area contributed by atoms with Gasteiger partial charge in [0.2, 0.25) is 0 Å². The van der Waals surface area contributed by atoms with Gasteiger partial charge in [0.05, 0.1) is 13.3 Å². The molecule has 0 atom stereocenters. The van der Waals surface area contributed by atoms with Crippen molar-refractivity contribution >= 4 is 11.8 Å². The van der Waals surface area contributed by atoms with E-state index in [4.69, 9.17) is 0 Å². The van der Waals surface area contributed by atoms with Gasteiger partial charge in [-0.15, -0.1) is 10.2 Å². The third kappa shape index (κ3) is 2.77. The number of anilines is 1. The van der Waals surface area contributed by atoms with Crippen LogP contribution < -0.4 is 5.32 Å². The maximum Gasteiger partial charge on any atom is 0.358 e. The van der Waals surface area contributed by atoms with Crippen molar-refractivity contribution in [1.29, 1.82) is 0 Å². The number of hydrogen-bond donors (Lipinski definition) is 2. The summed E-state index contributed by atoms with van der Waals surface area (Å²) >= 11 is 0. The minimum atomic E-state index is -0.501. The molecule has 88 valence electrons. The molecular weight excluding hydrogens is 222 g/mol. The van der Waals surface area contributed by atoms with Crippen molar-refractivity contribution < 1.29 is 9.53 Å². The van der Waals surface area contributed by atoms with Crippen LogP contribution in [-0.4, -0.2) is 33.5 Å². The van der Waals surface area contributed by atoms with E-state index in [9.17, 15) is 4.79 Å². The Hall–Kier alpha value is -2.44. The van der Waals surface area contributed by atoms with E-state index in [2.05, 4.69) is 30.4 Å². The number of aromatic amines is 1. The first-order valence-corrected chi connectivity index (χ1v) is 4.93. The molecule has 17 heavy (non-hydrogen) atoms. The zero-order chi connectivity index (χ0) is 12.1. The van der Waals surface area contributed by atoms with Gasteiger partial charge in [-0.1, -0.05) is 0 Å². The van der Waals surface area contributed by atoms with Crippen molar-refractivity contribution in [2.24, 2.45) is 0 Å². The Morgan fingerprint density at radius 3 is 2.94 bits per heavy atom. The molecule has 2 aromatic rings. The second-order valence-electron chi connectivity index (χ2n) is 3.26. The van der Waals surface area contributed by atoms with Gasteiger partial charge in [0, 0.05) is 18.3 Å². The van der Waals surface area contributed by atoms with Gasteiger partial charge in [0.15, 0.2) is 5.69 Å². The van der Waals surface area contributed by atoms with E-state index < -0.39 is 5.97 Å². The van der Waals surface area contributed by atoms with E-state index in [0.717, 1.165) is 5.56 Å². The molecule has 0 fully saturated rings. The van der Waals surface area contributed by atoms with Crippen molar-refractivity contribution in [3.05, 3.63) is 35.8 Å². The molecule has 0 unspecified atom stereocenters. The fourth-order valence-corrected chi connectivity index (χ4v) is 1.21. The quantitative estimate of drug-likeness (QED) is 0.751. The number of carbonyl (C=O) groups is 1.